The molecule has 0 bridgehead atoms. The van der Waals surface area contributed by atoms with Crippen molar-refractivity contribution in [3.8, 4) is 0 Å². The van der Waals surface area contributed by atoms with E-state index >= 15 is 0 Å². The molecule has 0 aliphatic rings. The molecule has 0 saturated heterocycles. The molecule has 1 aromatic carbocycles. The normalized spacial score (nSPS) is 12.0. The molecule has 0 fully saturated rings. The third-order valence-corrected chi connectivity index (χ3v) is 3.80. The molecule has 0 N–H and O–H groups in total. The Labute approximate surface area is 113 Å². The molecule has 0 aliphatic carbocycles. The molecule has 20 heavy (non-hydrogen) atoms. The lowest BCUT2D eigenvalue weighted by Gasteiger charge is -1.96. The van der Waals surface area contributed by atoms with Crippen LogP contribution in [0.5, 0.6) is 0 Å². The van der Waals surface area contributed by atoms with Crippen LogP contribution < -0.4 is 0 Å². The zero-order valence-electron chi connectivity index (χ0n) is 10.6. The number of para-hydroxylation sites is 2. The first-order valence-electron chi connectivity index (χ1n) is 6.53. The van der Waals surface area contributed by atoms with Crippen LogP contribution >= 0.6 is 0 Å². The summed E-state index contributed by atoms with van der Waals surface area (Å²) >= 11 is 0. The molecule has 4 heterocycles. The Hall–Kier alpha value is -2.88. The van der Waals surface area contributed by atoms with Gasteiger partial charge in [0.15, 0.2) is 5.65 Å². The maximum absolute atomic E-state index is 4.78. The number of nitrogens with zero attached hydrogens (tertiary/aromatic N) is 4. The van der Waals surface area contributed by atoms with Gasteiger partial charge in [0.05, 0.1) is 27.5 Å². The van der Waals surface area contributed by atoms with E-state index in [0.29, 0.717) is 0 Å². The number of rotatable bonds is 0. The van der Waals surface area contributed by atoms with E-state index in [1.807, 2.05) is 49.1 Å². The molecule has 0 aliphatic heterocycles. The molecule has 4 aromatic heterocycles. The van der Waals surface area contributed by atoms with Crippen LogP contribution in [0, 0.1) is 0 Å². The summed E-state index contributed by atoms with van der Waals surface area (Å²) in [7, 11) is 0. The Bertz CT molecular complexity index is 1100. The highest BCUT2D eigenvalue weighted by molar-refractivity contribution is 6.06. The van der Waals surface area contributed by atoms with E-state index in [2.05, 4.69) is 25.9 Å². The molecule has 0 spiro atoms. The van der Waals surface area contributed by atoms with Crippen molar-refractivity contribution < 1.29 is 0 Å². The molecular weight excluding hydrogens is 248 g/mol. The van der Waals surface area contributed by atoms with Gasteiger partial charge in [-0.15, -0.1) is 0 Å². The first kappa shape index (κ1) is 9.97. The molecule has 4 nitrogen and oxygen atoms in total. The van der Waals surface area contributed by atoms with Crippen molar-refractivity contribution in [3.63, 3.8) is 0 Å². The Morgan fingerprint density at radius 2 is 1.70 bits per heavy atom. The Kier molecular flexibility index (Phi) is 1.68. The summed E-state index contributed by atoms with van der Waals surface area (Å²) in [6, 6.07) is 14.3. The minimum absolute atomic E-state index is 0.963. The largest absolute Gasteiger partial charge is 0.321 e. The number of hydrogen-bond acceptors (Lipinski definition) is 2. The van der Waals surface area contributed by atoms with Gasteiger partial charge in [-0.3, -0.25) is 4.40 Å². The van der Waals surface area contributed by atoms with Crippen molar-refractivity contribution in [2.24, 2.45) is 0 Å². The minimum Gasteiger partial charge on any atom is -0.321 e. The van der Waals surface area contributed by atoms with Crippen LogP contribution in [-0.2, 0) is 0 Å². The fourth-order valence-corrected chi connectivity index (χ4v) is 2.89. The van der Waals surface area contributed by atoms with Crippen molar-refractivity contribution in [2.45, 2.75) is 0 Å². The van der Waals surface area contributed by atoms with E-state index in [1.165, 1.54) is 0 Å². The number of pyridine rings is 1. The van der Waals surface area contributed by atoms with Crippen molar-refractivity contribution in [1.29, 1.82) is 0 Å². The van der Waals surface area contributed by atoms with E-state index in [9.17, 15) is 0 Å². The van der Waals surface area contributed by atoms with Crippen LogP contribution in [0.4, 0.5) is 0 Å². The van der Waals surface area contributed by atoms with Gasteiger partial charge in [-0.05, 0) is 24.3 Å². The van der Waals surface area contributed by atoms with Crippen LogP contribution in [-0.4, -0.2) is 18.8 Å². The zero-order valence-corrected chi connectivity index (χ0v) is 10.6. The summed E-state index contributed by atoms with van der Waals surface area (Å²) in [5, 5.41) is 1.10. The molecule has 0 radical (unpaired) electrons. The van der Waals surface area contributed by atoms with Crippen LogP contribution in [0.15, 0.2) is 61.2 Å². The molecule has 0 amide bonds. The third-order valence-electron chi connectivity index (χ3n) is 3.80. The molecule has 4 heteroatoms. The highest BCUT2D eigenvalue weighted by Crippen LogP contribution is 2.27. The topological polar surface area (TPSA) is 34.6 Å². The van der Waals surface area contributed by atoms with Gasteiger partial charge in [-0.25, -0.2) is 9.97 Å². The van der Waals surface area contributed by atoms with E-state index in [-0.39, 0.29) is 0 Å². The third kappa shape index (κ3) is 1.11. The zero-order chi connectivity index (χ0) is 13.1. The van der Waals surface area contributed by atoms with Gasteiger partial charge >= 0.3 is 0 Å². The minimum atomic E-state index is 0.963. The van der Waals surface area contributed by atoms with Crippen molar-refractivity contribution in [2.75, 3.05) is 0 Å². The van der Waals surface area contributed by atoms with Gasteiger partial charge in [-0.2, -0.15) is 0 Å². The molecular formula is C16H10N4. The first-order valence-corrected chi connectivity index (χ1v) is 6.53. The molecule has 5 rings (SSSR count). The Balaban J connectivity index is 2.14. The van der Waals surface area contributed by atoms with Gasteiger partial charge in [0.1, 0.15) is 6.33 Å². The number of hydrogen-bond donors (Lipinski definition) is 0. The van der Waals surface area contributed by atoms with Gasteiger partial charge in [0.2, 0.25) is 0 Å². The number of fused-ring (bicyclic) bond motifs is 7. The molecule has 5 aromatic rings. The Morgan fingerprint density at radius 3 is 2.70 bits per heavy atom. The van der Waals surface area contributed by atoms with Crippen molar-refractivity contribution in [3.05, 3.63) is 61.2 Å². The second-order valence-corrected chi connectivity index (χ2v) is 4.92. The van der Waals surface area contributed by atoms with E-state index < -0.39 is 0 Å². The summed E-state index contributed by atoms with van der Waals surface area (Å²) in [6.07, 6.45) is 5.94. The van der Waals surface area contributed by atoms with Crippen LogP contribution in [0.3, 0.4) is 0 Å². The van der Waals surface area contributed by atoms with Crippen molar-refractivity contribution in [1.82, 2.24) is 18.8 Å². The number of benzene rings is 1. The molecule has 0 atom stereocenters. The van der Waals surface area contributed by atoms with E-state index in [4.69, 9.17) is 4.98 Å². The summed E-state index contributed by atoms with van der Waals surface area (Å²) in [5.41, 5.74) is 5.16. The number of imidazole rings is 1. The predicted octanol–water partition coefficient (Wildman–Crippen LogP) is 3.29. The maximum Gasteiger partial charge on any atom is 0.150 e. The van der Waals surface area contributed by atoms with Gasteiger partial charge in [0.25, 0.3) is 0 Å². The molecule has 0 unspecified atom stereocenters. The smallest absolute Gasteiger partial charge is 0.150 e. The number of aromatic nitrogens is 4. The van der Waals surface area contributed by atoms with Crippen LogP contribution in [0.25, 0.3) is 33.1 Å². The second kappa shape index (κ2) is 3.36. The lowest BCUT2D eigenvalue weighted by Crippen LogP contribution is -1.87. The quantitative estimate of drug-likeness (QED) is 0.427. The maximum atomic E-state index is 4.78. The van der Waals surface area contributed by atoms with Crippen LogP contribution in [0.1, 0.15) is 0 Å². The van der Waals surface area contributed by atoms with E-state index in [0.717, 1.165) is 33.1 Å². The predicted molar refractivity (Wildman–Crippen MR) is 79.0 cm³/mol. The fraction of sp³-hybridized carbons (Fsp3) is 0. The summed E-state index contributed by atoms with van der Waals surface area (Å²) < 4.78 is 4.15. The summed E-state index contributed by atoms with van der Waals surface area (Å²) in [4.78, 5) is 9.35. The monoisotopic (exact) mass is 258 g/mol. The highest BCUT2D eigenvalue weighted by Gasteiger charge is 2.12. The van der Waals surface area contributed by atoms with E-state index in [1.54, 1.807) is 0 Å². The van der Waals surface area contributed by atoms with Crippen molar-refractivity contribution >= 4 is 33.1 Å². The highest BCUT2D eigenvalue weighted by atomic mass is 15.1. The average molecular weight is 258 g/mol. The standard InChI is InChI=1S/C16H10N4/c1-2-6-13-11(5-1)18-16-15-12(17-10-20(13)16)9-19-8-4-3-7-14(15)19/h1-10H. The lowest BCUT2D eigenvalue weighted by atomic mass is 10.3. The SMILES string of the molecule is c1ccc2c(c1)nc1c3c(cn4ccccc34)ncn21. The van der Waals surface area contributed by atoms with Gasteiger partial charge in [-0.1, -0.05) is 18.2 Å². The average Bonchev–Trinajstić information content (AvgIpc) is 3.04. The molecule has 0 saturated carbocycles. The van der Waals surface area contributed by atoms with Gasteiger partial charge < -0.3 is 4.40 Å². The van der Waals surface area contributed by atoms with Crippen LogP contribution in [0.2, 0.25) is 0 Å². The molecule has 94 valence electrons. The first-order chi connectivity index (χ1) is 9.92. The Morgan fingerprint density at radius 1 is 0.850 bits per heavy atom. The second-order valence-electron chi connectivity index (χ2n) is 4.92. The lowest BCUT2D eigenvalue weighted by molar-refractivity contribution is 1.15. The van der Waals surface area contributed by atoms with Gasteiger partial charge in [0, 0.05) is 12.4 Å². The fourth-order valence-electron chi connectivity index (χ4n) is 2.89. The summed E-state index contributed by atoms with van der Waals surface area (Å²) in [6.45, 7) is 0. The summed E-state index contributed by atoms with van der Waals surface area (Å²) in [5.74, 6) is 0.